The maximum atomic E-state index is 5.28. The van der Waals surface area contributed by atoms with E-state index in [2.05, 4.69) is 29.2 Å². The fraction of sp³-hybridized carbons (Fsp3) is 0.118. The molecular formula is C17H15NO2. The standard InChI is InChI=1S/C17H15NO2/c1-19-16-8-4-14(5-9-16)12-13-2-6-15(7-3-13)17-18-10-11-20-17/h2-11H,12H2,1H3. The molecule has 3 nitrogen and oxygen atoms in total. The van der Waals surface area contributed by atoms with Crippen LogP contribution in [0, 0.1) is 0 Å². The summed E-state index contributed by atoms with van der Waals surface area (Å²) in [7, 11) is 1.68. The van der Waals surface area contributed by atoms with Crippen LogP contribution in [0.1, 0.15) is 11.1 Å². The number of oxazole rings is 1. The third kappa shape index (κ3) is 2.72. The monoisotopic (exact) mass is 265 g/mol. The average molecular weight is 265 g/mol. The Morgan fingerprint density at radius 1 is 0.950 bits per heavy atom. The molecule has 0 aliphatic carbocycles. The highest BCUT2D eigenvalue weighted by Crippen LogP contribution is 2.19. The van der Waals surface area contributed by atoms with Gasteiger partial charge in [0.15, 0.2) is 0 Å². The Hall–Kier alpha value is -2.55. The molecule has 20 heavy (non-hydrogen) atoms. The van der Waals surface area contributed by atoms with Gasteiger partial charge in [-0.05, 0) is 41.8 Å². The molecule has 0 aliphatic rings. The van der Waals surface area contributed by atoms with Crippen LogP contribution in [0.15, 0.2) is 65.4 Å². The summed E-state index contributed by atoms with van der Waals surface area (Å²) in [6.45, 7) is 0. The average Bonchev–Trinajstić information content (AvgIpc) is 3.03. The van der Waals surface area contributed by atoms with Crippen LogP contribution in [-0.4, -0.2) is 12.1 Å². The van der Waals surface area contributed by atoms with Crippen LogP contribution in [0.25, 0.3) is 11.5 Å². The molecule has 3 rings (SSSR count). The van der Waals surface area contributed by atoms with Crippen LogP contribution in [0.5, 0.6) is 5.75 Å². The maximum Gasteiger partial charge on any atom is 0.225 e. The lowest BCUT2D eigenvalue weighted by atomic mass is 10.0. The van der Waals surface area contributed by atoms with Gasteiger partial charge in [0.1, 0.15) is 12.0 Å². The maximum absolute atomic E-state index is 5.28. The zero-order valence-electron chi connectivity index (χ0n) is 11.2. The van der Waals surface area contributed by atoms with Crippen molar-refractivity contribution in [1.29, 1.82) is 0 Å². The van der Waals surface area contributed by atoms with Gasteiger partial charge >= 0.3 is 0 Å². The van der Waals surface area contributed by atoms with E-state index in [4.69, 9.17) is 9.15 Å². The van der Waals surface area contributed by atoms with Gasteiger partial charge in [-0.3, -0.25) is 0 Å². The number of methoxy groups -OCH3 is 1. The van der Waals surface area contributed by atoms with E-state index in [1.54, 1.807) is 19.6 Å². The van der Waals surface area contributed by atoms with Gasteiger partial charge in [-0.1, -0.05) is 24.3 Å². The van der Waals surface area contributed by atoms with Crippen molar-refractivity contribution in [1.82, 2.24) is 4.98 Å². The van der Waals surface area contributed by atoms with Crippen LogP contribution < -0.4 is 4.74 Å². The highest BCUT2D eigenvalue weighted by atomic mass is 16.5. The van der Waals surface area contributed by atoms with Crippen molar-refractivity contribution in [3.05, 3.63) is 72.1 Å². The van der Waals surface area contributed by atoms with Crippen molar-refractivity contribution >= 4 is 0 Å². The van der Waals surface area contributed by atoms with Crippen LogP contribution in [0.3, 0.4) is 0 Å². The van der Waals surface area contributed by atoms with Crippen molar-refractivity contribution in [2.75, 3.05) is 7.11 Å². The molecule has 0 saturated heterocycles. The van der Waals surface area contributed by atoms with Crippen molar-refractivity contribution < 1.29 is 9.15 Å². The summed E-state index contributed by atoms with van der Waals surface area (Å²) in [5.41, 5.74) is 3.51. The van der Waals surface area contributed by atoms with Crippen molar-refractivity contribution in [2.24, 2.45) is 0 Å². The molecular weight excluding hydrogens is 250 g/mol. The number of hydrogen-bond acceptors (Lipinski definition) is 3. The molecule has 2 aromatic carbocycles. The van der Waals surface area contributed by atoms with Gasteiger partial charge in [0.25, 0.3) is 0 Å². The van der Waals surface area contributed by atoms with E-state index in [1.165, 1.54) is 11.1 Å². The van der Waals surface area contributed by atoms with Crippen molar-refractivity contribution in [3.8, 4) is 17.2 Å². The minimum Gasteiger partial charge on any atom is -0.497 e. The number of aromatic nitrogens is 1. The first-order valence-electron chi connectivity index (χ1n) is 6.47. The quantitative estimate of drug-likeness (QED) is 0.716. The normalized spacial score (nSPS) is 10.4. The zero-order chi connectivity index (χ0) is 13.8. The SMILES string of the molecule is COc1ccc(Cc2ccc(-c3ncco3)cc2)cc1. The molecule has 1 heterocycles. The Kier molecular flexibility index (Phi) is 3.50. The lowest BCUT2D eigenvalue weighted by Gasteiger charge is -2.04. The molecule has 3 heteroatoms. The van der Waals surface area contributed by atoms with E-state index in [1.807, 2.05) is 24.3 Å². The van der Waals surface area contributed by atoms with Gasteiger partial charge in [0.2, 0.25) is 5.89 Å². The Balaban J connectivity index is 1.74. The third-order valence-electron chi connectivity index (χ3n) is 3.20. The predicted molar refractivity (Wildman–Crippen MR) is 77.7 cm³/mol. The molecule has 0 saturated carbocycles. The topological polar surface area (TPSA) is 35.3 Å². The van der Waals surface area contributed by atoms with E-state index in [0.717, 1.165) is 17.7 Å². The van der Waals surface area contributed by atoms with Crippen LogP contribution in [-0.2, 0) is 6.42 Å². The van der Waals surface area contributed by atoms with Gasteiger partial charge < -0.3 is 9.15 Å². The zero-order valence-corrected chi connectivity index (χ0v) is 11.2. The number of benzene rings is 2. The van der Waals surface area contributed by atoms with Crippen LogP contribution in [0.2, 0.25) is 0 Å². The second kappa shape index (κ2) is 5.61. The summed E-state index contributed by atoms with van der Waals surface area (Å²) in [5, 5.41) is 0. The summed E-state index contributed by atoms with van der Waals surface area (Å²) in [6.07, 6.45) is 4.14. The molecule has 0 radical (unpaired) electrons. The summed E-state index contributed by atoms with van der Waals surface area (Å²) in [5.74, 6) is 1.54. The van der Waals surface area contributed by atoms with Gasteiger partial charge in [0.05, 0.1) is 13.3 Å². The Morgan fingerprint density at radius 3 is 2.15 bits per heavy atom. The summed E-state index contributed by atoms with van der Waals surface area (Å²) < 4.78 is 10.4. The molecule has 3 aromatic rings. The lowest BCUT2D eigenvalue weighted by molar-refractivity contribution is 0.414. The van der Waals surface area contributed by atoms with E-state index in [9.17, 15) is 0 Å². The van der Waals surface area contributed by atoms with Crippen LogP contribution in [0.4, 0.5) is 0 Å². The summed E-state index contributed by atoms with van der Waals surface area (Å²) in [4.78, 5) is 4.14. The molecule has 100 valence electrons. The van der Waals surface area contributed by atoms with Gasteiger partial charge in [-0.25, -0.2) is 4.98 Å². The highest BCUT2D eigenvalue weighted by molar-refractivity contribution is 5.53. The van der Waals surface area contributed by atoms with Gasteiger partial charge in [-0.2, -0.15) is 0 Å². The summed E-state index contributed by atoms with van der Waals surface area (Å²) in [6, 6.07) is 16.4. The van der Waals surface area contributed by atoms with E-state index in [-0.39, 0.29) is 0 Å². The smallest absolute Gasteiger partial charge is 0.225 e. The Morgan fingerprint density at radius 2 is 1.60 bits per heavy atom. The molecule has 1 aromatic heterocycles. The largest absolute Gasteiger partial charge is 0.497 e. The molecule has 0 atom stereocenters. The molecule has 0 spiro atoms. The first-order chi connectivity index (χ1) is 9.85. The predicted octanol–water partition coefficient (Wildman–Crippen LogP) is 3.94. The molecule has 0 bridgehead atoms. The second-order valence-corrected chi connectivity index (χ2v) is 4.56. The Bertz CT molecular complexity index is 655. The number of rotatable bonds is 4. The Labute approximate surface area is 117 Å². The first-order valence-corrected chi connectivity index (χ1v) is 6.47. The number of nitrogens with zero attached hydrogens (tertiary/aromatic N) is 1. The van der Waals surface area contributed by atoms with Crippen molar-refractivity contribution in [2.45, 2.75) is 6.42 Å². The number of ether oxygens (including phenoxy) is 1. The third-order valence-corrected chi connectivity index (χ3v) is 3.20. The fourth-order valence-electron chi connectivity index (χ4n) is 2.11. The molecule has 0 aliphatic heterocycles. The summed E-state index contributed by atoms with van der Waals surface area (Å²) >= 11 is 0. The van der Waals surface area contributed by atoms with E-state index in [0.29, 0.717) is 5.89 Å². The number of hydrogen-bond donors (Lipinski definition) is 0. The molecule has 0 unspecified atom stereocenters. The lowest BCUT2D eigenvalue weighted by Crippen LogP contribution is -1.89. The van der Waals surface area contributed by atoms with Crippen molar-refractivity contribution in [3.63, 3.8) is 0 Å². The van der Waals surface area contributed by atoms with E-state index >= 15 is 0 Å². The van der Waals surface area contributed by atoms with Gasteiger partial charge in [-0.15, -0.1) is 0 Å². The first kappa shape index (κ1) is 12.5. The molecule has 0 N–H and O–H groups in total. The minimum absolute atomic E-state index is 0.654. The van der Waals surface area contributed by atoms with Crippen LogP contribution >= 0.6 is 0 Å². The second-order valence-electron chi connectivity index (χ2n) is 4.56. The fourth-order valence-corrected chi connectivity index (χ4v) is 2.11. The molecule has 0 amide bonds. The minimum atomic E-state index is 0.654. The highest BCUT2D eigenvalue weighted by Gasteiger charge is 2.02. The van der Waals surface area contributed by atoms with Gasteiger partial charge in [0, 0.05) is 5.56 Å². The van der Waals surface area contributed by atoms with E-state index < -0.39 is 0 Å². The molecule has 0 fully saturated rings.